The van der Waals surface area contributed by atoms with E-state index in [-0.39, 0.29) is 25.1 Å². The molecule has 0 bridgehead atoms. The van der Waals surface area contributed by atoms with Gasteiger partial charge in [0.05, 0.1) is 6.61 Å². The fraction of sp³-hybridized carbons (Fsp3) is 0.615. The molecular weight excluding hydrogens is 236 g/mol. The Morgan fingerprint density at radius 3 is 2.65 bits per heavy atom. The van der Waals surface area contributed by atoms with Gasteiger partial charge in [-0.15, -0.1) is 12.4 Å². The molecule has 0 amide bonds. The molecule has 4 heteroatoms. The van der Waals surface area contributed by atoms with E-state index in [1.165, 1.54) is 5.56 Å². The summed E-state index contributed by atoms with van der Waals surface area (Å²) in [6, 6.07) is 4.19. The number of aliphatic hydroxyl groups is 1. The van der Waals surface area contributed by atoms with Crippen molar-refractivity contribution in [2.75, 3.05) is 6.61 Å². The largest absolute Gasteiger partial charge is 0.395 e. The van der Waals surface area contributed by atoms with Crippen molar-refractivity contribution in [2.45, 2.75) is 39.8 Å². The lowest BCUT2D eigenvalue weighted by Gasteiger charge is -2.18. The fourth-order valence-electron chi connectivity index (χ4n) is 1.75. The van der Waals surface area contributed by atoms with Crippen molar-refractivity contribution < 1.29 is 5.11 Å². The van der Waals surface area contributed by atoms with E-state index >= 15 is 0 Å². The zero-order valence-electron chi connectivity index (χ0n) is 10.8. The summed E-state index contributed by atoms with van der Waals surface area (Å²) in [5, 5.41) is 12.6. The lowest BCUT2D eigenvalue weighted by molar-refractivity contribution is 0.223. The number of hydrogen-bond donors (Lipinski definition) is 2. The molecule has 1 aromatic rings. The van der Waals surface area contributed by atoms with Gasteiger partial charge in [-0.05, 0) is 30.9 Å². The third-order valence-corrected chi connectivity index (χ3v) is 2.67. The minimum Gasteiger partial charge on any atom is -0.395 e. The molecule has 2 N–H and O–H groups in total. The second kappa shape index (κ2) is 8.45. The van der Waals surface area contributed by atoms with E-state index in [2.05, 4.69) is 30.2 Å². The van der Waals surface area contributed by atoms with Gasteiger partial charge in [-0.1, -0.05) is 19.9 Å². The molecule has 1 rings (SSSR count). The topological polar surface area (TPSA) is 45.2 Å². The quantitative estimate of drug-likeness (QED) is 0.823. The van der Waals surface area contributed by atoms with Crippen LogP contribution in [0, 0.1) is 12.8 Å². The molecule has 0 saturated heterocycles. The molecule has 17 heavy (non-hydrogen) atoms. The third-order valence-electron chi connectivity index (χ3n) is 2.67. The zero-order valence-corrected chi connectivity index (χ0v) is 11.6. The number of aryl methyl sites for hydroxylation is 1. The van der Waals surface area contributed by atoms with Crippen LogP contribution in [0.2, 0.25) is 0 Å². The minimum atomic E-state index is 0. The molecule has 0 saturated carbocycles. The molecule has 3 nitrogen and oxygen atoms in total. The van der Waals surface area contributed by atoms with Gasteiger partial charge in [0.1, 0.15) is 0 Å². The van der Waals surface area contributed by atoms with Crippen LogP contribution in [0.1, 0.15) is 31.5 Å². The first kappa shape index (κ1) is 16.4. The van der Waals surface area contributed by atoms with Crippen LogP contribution in [0.3, 0.4) is 0 Å². The lowest BCUT2D eigenvalue weighted by Crippen LogP contribution is -2.33. The Hall–Kier alpha value is -0.640. The van der Waals surface area contributed by atoms with Crippen LogP contribution in [0.5, 0.6) is 0 Å². The number of hydrogen-bond acceptors (Lipinski definition) is 3. The number of aromatic nitrogens is 1. The van der Waals surface area contributed by atoms with E-state index in [0.717, 1.165) is 18.7 Å². The van der Waals surface area contributed by atoms with Gasteiger partial charge >= 0.3 is 0 Å². The van der Waals surface area contributed by atoms with Gasteiger partial charge in [-0.3, -0.25) is 4.98 Å². The molecule has 0 aromatic carbocycles. The van der Waals surface area contributed by atoms with Crippen LogP contribution in [-0.2, 0) is 6.54 Å². The Kier molecular flexibility index (Phi) is 8.13. The standard InChI is InChI=1S/C13H22N2O.ClH/c1-10(2)7-13(9-16)15-8-12-5-4-6-14-11(12)3;/h4-6,10,13,15-16H,7-9H2,1-3H3;1H. The molecule has 98 valence electrons. The van der Waals surface area contributed by atoms with Crippen molar-refractivity contribution in [3.8, 4) is 0 Å². The highest BCUT2D eigenvalue weighted by atomic mass is 35.5. The third kappa shape index (κ3) is 6.01. The second-order valence-corrected chi connectivity index (χ2v) is 4.64. The summed E-state index contributed by atoms with van der Waals surface area (Å²) in [6.07, 6.45) is 2.80. The molecule has 1 atom stereocenters. The Labute approximate surface area is 110 Å². The monoisotopic (exact) mass is 258 g/mol. The summed E-state index contributed by atoms with van der Waals surface area (Å²) in [5.41, 5.74) is 2.25. The lowest BCUT2D eigenvalue weighted by atomic mass is 10.0. The Morgan fingerprint density at radius 2 is 2.12 bits per heavy atom. The first-order valence-electron chi connectivity index (χ1n) is 5.88. The van der Waals surface area contributed by atoms with Gasteiger partial charge in [-0.2, -0.15) is 0 Å². The Balaban J connectivity index is 0.00000256. The maximum absolute atomic E-state index is 9.24. The molecule has 1 aromatic heterocycles. The SMILES string of the molecule is Cc1ncccc1CNC(CO)CC(C)C.Cl. The molecule has 0 aliphatic heterocycles. The van der Waals surface area contributed by atoms with Crippen LogP contribution in [0.25, 0.3) is 0 Å². The van der Waals surface area contributed by atoms with Crippen molar-refractivity contribution in [3.63, 3.8) is 0 Å². The minimum absolute atomic E-state index is 0. The smallest absolute Gasteiger partial charge is 0.0584 e. The zero-order chi connectivity index (χ0) is 12.0. The van der Waals surface area contributed by atoms with Gasteiger partial charge in [0, 0.05) is 24.5 Å². The molecule has 0 fully saturated rings. The normalized spacial score (nSPS) is 12.3. The van der Waals surface area contributed by atoms with Gasteiger partial charge < -0.3 is 10.4 Å². The van der Waals surface area contributed by atoms with Crippen molar-refractivity contribution in [1.29, 1.82) is 0 Å². The number of aliphatic hydroxyl groups excluding tert-OH is 1. The fourth-order valence-corrected chi connectivity index (χ4v) is 1.75. The van der Waals surface area contributed by atoms with E-state index in [4.69, 9.17) is 0 Å². The molecule has 0 aliphatic rings. The van der Waals surface area contributed by atoms with Crippen molar-refractivity contribution >= 4 is 12.4 Å². The van der Waals surface area contributed by atoms with E-state index in [1.54, 1.807) is 6.20 Å². The molecule has 0 radical (unpaired) electrons. The van der Waals surface area contributed by atoms with E-state index in [9.17, 15) is 5.11 Å². The molecular formula is C13H23ClN2O. The van der Waals surface area contributed by atoms with Crippen molar-refractivity contribution in [3.05, 3.63) is 29.6 Å². The Morgan fingerprint density at radius 1 is 1.41 bits per heavy atom. The number of nitrogens with one attached hydrogen (secondary N) is 1. The van der Waals surface area contributed by atoms with Gasteiger partial charge in [0.25, 0.3) is 0 Å². The maximum atomic E-state index is 9.24. The first-order chi connectivity index (χ1) is 7.63. The predicted molar refractivity (Wildman–Crippen MR) is 73.4 cm³/mol. The van der Waals surface area contributed by atoms with Gasteiger partial charge in [0.15, 0.2) is 0 Å². The van der Waals surface area contributed by atoms with E-state index < -0.39 is 0 Å². The maximum Gasteiger partial charge on any atom is 0.0584 e. The average molecular weight is 259 g/mol. The summed E-state index contributed by atoms with van der Waals surface area (Å²) in [6.45, 7) is 7.31. The molecule has 0 aliphatic carbocycles. The van der Waals surface area contributed by atoms with Crippen LogP contribution in [0.15, 0.2) is 18.3 Å². The summed E-state index contributed by atoms with van der Waals surface area (Å²) >= 11 is 0. The van der Waals surface area contributed by atoms with Crippen molar-refractivity contribution in [1.82, 2.24) is 10.3 Å². The molecule has 0 spiro atoms. The molecule has 1 unspecified atom stereocenters. The number of nitrogens with zero attached hydrogens (tertiary/aromatic N) is 1. The van der Waals surface area contributed by atoms with E-state index in [0.29, 0.717) is 5.92 Å². The summed E-state index contributed by atoms with van der Waals surface area (Å²) in [4.78, 5) is 4.24. The second-order valence-electron chi connectivity index (χ2n) is 4.64. The highest BCUT2D eigenvalue weighted by Gasteiger charge is 2.09. The summed E-state index contributed by atoms with van der Waals surface area (Å²) in [7, 11) is 0. The number of pyridine rings is 1. The number of rotatable bonds is 6. The highest BCUT2D eigenvalue weighted by molar-refractivity contribution is 5.85. The van der Waals surface area contributed by atoms with Crippen LogP contribution in [0.4, 0.5) is 0 Å². The highest BCUT2D eigenvalue weighted by Crippen LogP contribution is 2.07. The van der Waals surface area contributed by atoms with E-state index in [1.807, 2.05) is 13.0 Å². The van der Waals surface area contributed by atoms with Crippen LogP contribution < -0.4 is 5.32 Å². The van der Waals surface area contributed by atoms with Gasteiger partial charge in [-0.25, -0.2) is 0 Å². The van der Waals surface area contributed by atoms with Gasteiger partial charge in [0.2, 0.25) is 0 Å². The Bertz CT molecular complexity index is 318. The van der Waals surface area contributed by atoms with Crippen LogP contribution in [-0.4, -0.2) is 22.7 Å². The van der Waals surface area contributed by atoms with Crippen molar-refractivity contribution in [2.24, 2.45) is 5.92 Å². The summed E-state index contributed by atoms with van der Waals surface area (Å²) < 4.78 is 0. The summed E-state index contributed by atoms with van der Waals surface area (Å²) in [5.74, 6) is 0.597. The predicted octanol–water partition coefficient (Wildman–Crippen LogP) is 2.31. The first-order valence-corrected chi connectivity index (χ1v) is 5.88. The van der Waals surface area contributed by atoms with Crippen LogP contribution >= 0.6 is 12.4 Å². The number of halogens is 1. The molecule has 1 heterocycles. The average Bonchev–Trinajstić information content (AvgIpc) is 2.25.